The van der Waals surface area contributed by atoms with Gasteiger partial charge in [0.2, 0.25) is 0 Å². The standard InChI is InChI=1S/C14H24N2/c1-12(2)16-9-5-8-15-11-14-7-4-6-13(3)10-14/h4,6-7,10,12,15-16H,5,8-9,11H2,1-3H3. The lowest BCUT2D eigenvalue weighted by Crippen LogP contribution is -2.26. The minimum atomic E-state index is 0.594. The molecule has 0 aliphatic carbocycles. The first-order valence-corrected chi connectivity index (χ1v) is 6.18. The van der Waals surface area contributed by atoms with Crippen LogP contribution in [0.3, 0.4) is 0 Å². The highest BCUT2D eigenvalue weighted by atomic mass is 14.9. The lowest BCUT2D eigenvalue weighted by atomic mass is 10.1. The smallest absolute Gasteiger partial charge is 0.0205 e. The molecule has 1 rings (SSSR count). The van der Waals surface area contributed by atoms with Crippen LogP contribution in [0.15, 0.2) is 24.3 Å². The number of hydrogen-bond donors (Lipinski definition) is 2. The minimum Gasteiger partial charge on any atom is -0.314 e. The third-order valence-corrected chi connectivity index (χ3v) is 2.49. The Kier molecular flexibility index (Phi) is 6.12. The van der Waals surface area contributed by atoms with E-state index in [1.165, 1.54) is 17.5 Å². The van der Waals surface area contributed by atoms with E-state index in [0.717, 1.165) is 19.6 Å². The van der Waals surface area contributed by atoms with Crippen molar-refractivity contribution in [3.8, 4) is 0 Å². The van der Waals surface area contributed by atoms with E-state index in [9.17, 15) is 0 Å². The van der Waals surface area contributed by atoms with Crippen molar-refractivity contribution >= 4 is 0 Å². The molecule has 0 aliphatic rings. The van der Waals surface area contributed by atoms with Gasteiger partial charge in [0.1, 0.15) is 0 Å². The highest BCUT2D eigenvalue weighted by molar-refractivity contribution is 5.21. The van der Waals surface area contributed by atoms with E-state index >= 15 is 0 Å². The summed E-state index contributed by atoms with van der Waals surface area (Å²) >= 11 is 0. The highest BCUT2D eigenvalue weighted by Crippen LogP contribution is 2.02. The van der Waals surface area contributed by atoms with Gasteiger partial charge in [-0.05, 0) is 32.0 Å². The van der Waals surface area contributed by atoms with Crippen LogP contribution in [0.4, 0.5) is 0 Å². The molecule has 0 aliphatic heterocycles. The Hall–Kier alpha value is -0.860. The van der Waals surface area contributed by atoms with Gasteiger partial charge in [-0.15, -0.1) is 0 Å². The van der Waals surface area contributed by atoms with Gasteiger partial charge in [0, 0.05) is 12.6 Å². The van der Waals surface area contributed by atoms with Crippen molar-refractivity contribution in [3.63, 3.8) is 0 Å². The monoisotopic (exact) mass is 220 g/mol. The van der Waals surface area contributed by atoms with Gasteiger partial charge in [0.25, 0.3) is 0 Å². The summed E-state index contributed by atoms with van der Waals surface area (Å²) in [6.45, 7) is 9.64. The van der Waals surface area contributed by atoms with E-state index in [4.69, 9.17) is 0 Å². The van der Waals surface area contributed by atoms with Crippen LogP contribution in [0.5, 0.6) is 0 Å². The molecule has 0 unspecified atom stereocenters. The maximum atomic E-state index is 3.46. The number of aryl methyl sites for hydroxylation is 1. The lowest BCUT2D eigenvalue weighted by Gasteiger charge is -2.08. The van der Waals surface area contributed by atoms with Crippen LogP contribution in [0.2, 0.25) is 0 Å². The summed E-state index contributed by atoms with van der Waals surface area (Å²) in [6, 6.07) is 9.26. The molecule has 0 aromatic heterocycles. The maximum Gasteiger partial charge on any atom is 0.0205 e. The Labute approximate surface area is 99.5 Å². The van der Waals surface area contributed by atoms with Crippen LogP contribution in [-0.2, 0) is 6.54 Å². The SMILES string of the molecule is Cc1cccc(CNCCCNC(C)C)c1. The maximum absolute atomic E-state index is 3.46. The molecule has 0 bridgehead atoms. The van der Waals surface area contributed by atoms with Crippen molar-refractivity contribution in [2.24, 2.45) is 0 Å². The molecule has 2 nitrogen and oxygen atoms in total. The molecular weight excluding hydrogens is 196 g/mol. The molecule has 0 saturated carbocycles. The zero-order chi connectivity index (χ0) is 11.8. The van der Waals surface area contributed by atoms with Gasteiger partial charge in [-0.2, -0.15) is 0 Å². The van der Waals surface area contributed by atoms with Crippen LogP contribution in [0, 0.1) is 6.92 Å². The number of hydrogen-bond acceptors (Lipinski definition) is 2. The summed E-state index contributed by atoms with van der Waals surface area (Å²) in [6.07, 6.45) is 1.18. The Morgan fingerprint density at radius 1 is 1.19 bits per heavy atom. The number of rotatable bonds is 7. The van der Waals surface area contributed by atoms with Crippen LogP contribution < -0.4 is 10.6 Å². The van der Waals surface area contributed by atoms with Gasteiger partial charge in [-0.3, -0.25) is 0 Å². The number of benzene rings is 1. The van der Waals surface area contributed by atoms with Crippen molar-refractivity contribution in [3.05, 3.63) is 35.4 Å². The Morgan fingerprint density at radius 2 is 2.00 bits per heavy atom. The van der Waals surface area contributed by atoms with Crippen LogP contribution in [0.25, 0.3) is 0 Å². The summed E-state index contributed by atoms with van der Waals surface area (Å²) in [4.78, 5) is 0. The Balaban J connectivity index is 2.07. The molecule has 2 N–H and O–H groups in total. The summed E-state index contributed by atoms with van der Waals surface area (Å²) in [5, 5.41) is 6.88. The third kappa shape index (κ3) is 5.89. The van der Waals surface area contributed by atoms with Crippen molar-refractivity contribution in [2.45, 2.75) is 39.8 Å². The highest BCUT2D eigenvalue weighted by Gasteiger charge is 1.94. The van der Waals surface area contributed by atoms with Crippen LogP contribution in [-0.4, -0.2) is 19.1 Å². The lowest BCUT2D eigenvalue weighted by molar-refractivity contribution is 0.547. The predicted octanol–water partition coefficient (Wildman–Crippen LogP) is 2.47. The zero-order valence-electron chi connectivity index (χ0n) is 10.7. The van der Waals surface area contributed by atoms with E-state index in [0.29, 0.717) is 6.04 Å². The van der Waals surface area contributed by atoms with E-state index < -0.39 is 0 Å². The molecule has 1 aromatic carbocycles. The first-order valence-electron chi connectivity index (χ1n) is 6.18. The first-order chi connectivity index (χ1) is 7.68. The summed E-state index contributed by atoms with van der Waals surface area (Å²) in [7, 11) is 0. The second-order valence-corrected chi connectivity index (χ2v) is 4.63. The molecule has 0 spiro atoms. The number of nitrogens with one attached hydrogen (secondary N) is 2. The van der Waals surface area contributed by atoms with E-state index in [1.54, 1.807) is 0 Å². The molecule has 0 radical (unpaired) electrons. The average molecular weight is 220 g/mol. The largest absolute Gasteiger partial charge is 0.314 e. The average Bonchev–Trinajstić information content (AvgIpc) is 2.23. The van der Waals surface area contributed by atoms with Crippen molar-refractivity contribution < 1.29 is 0 Å². The zero-order valence-corrected chi connectivity index (χ0v) is 10.7. The Morgan fingerprint density at radius 3 is 2.69 bits per heavy atom. The van der Waals surface area contributed by atoms with Gasteiger partial charge in [0.15, 0.2) is 0 Å². The fourth-order valence-corrected chi connectivity index (χ4v) is 1.66. The van der Waals surface area contributed by atoms with Gasteiger partial charge in [-0.1, -0.05) is 43.7 Å². The molecule has 1 aromatic rings. The summed E-state index contributed by atoms with van der Waals surface area (Å²) in [5.41, 5.74) is 2.71. The van der Waals surface area contributed by atoms with E-state index in [1.807, 2.05) is 0 Å². The summed E-state index contributed by atoms with van der Waals surface area (Å²) < 4.78 is 0. The van der Waals surface area contributed by atoms with Gasteiger partial charge >= 0.3 is 0 Å². The normalized spacial score (nSPS) is 11.0. The predicted molar refractivity (Wildman–Crippen MR) is 70.6 cm³/mol. The van der Waals surface area contributed by atoms with Crippen molar-refractivity contribution in [2.75, 3.05) is 13.1 Å². The van der Waals surface area contributed by atoms with E-state index in [2.05, 4.69) is 55.7 Å². The second-order valence-electron chi connectivity index (χ2n) is 4.63. The minimum absolute atomic E-state index is 0.594. The second kappa shape index (κ2) is 7.42. The Bertz CT molecular complexity index is 295. The van der Waals surface area contributed by atoms with Crippen molar-refractivity contribution in [1.29, 1.82) is 0 Å². The molecule has 0 atom stereocenters. The summed E-state index contributed by atoms with van der Waals surface area (Å²) in [5.74, 6) is 0. The quantitative estimate of drug-likeness (QED) is 0.690. The molecular formula is C14H24N2. The van der Waals surface area contributed by atoms with Crippen molar-refractivity contribution in [1.82, 2.24) is 10.6 Å². The topological polar surface area (TPSA) is 24.1 Å². The fourth-order valence-electron chi connectivity index (χ4n) is 1.66. The van der Waals surface area contributed by atoms with Crippen LogP contribution in [0.1, 0.15) is 31.4 Å². The molecule has 16 heavy (non-hydrogen) atoms. The molecule has 0 fully saturated rings. The molecule has 0 heterocycles. The van der Waals surface area contributed by atoms with Crippen LogP contribution >= 0.6 is 0 Å². The van der Waals surface area contributed by atoms with Gasteiger partial charge in [0.05, 0.1) is 0 Å². The third-order valence-electron chi connectivity index (χ3n) is 2.49. The van der Waals surface area contributed by atoms with Gasteiger partial charge in [-0.25, -0.2) is 0 Å². The molecule has 0 saturated heterocycles. The molecule has 2 heteroatoms. The fraction of sp³-hybridized carbons (Fsp3) is 0.571. The molecule has 90 valence electrons. The van der Waals surface area contributed by atoms with E-state index in [-0.39, 0.29) is 0 Å². The van der Waals surface area contributed by atoms with Gasteiger partial charge < -0.3 is 10.6 Å². The first kappa shape index (κ1) is 13.2. The molecule has 0 amide bonds.